The van der Waals surface area contributed by atoms with Gasteiger partial charge in [-0.1, -0.05) is 11.6 Å². The van der Waals surface area contributed by atoms with E-state index in [0.717, 1.165) is 14.8 Å². The van der Waals surface area contributed by atoms with E-state index < -0.39 is 0 Å². The molecule has 2 rings (SSSR count). The molecule has 0 amide bonds. The monoisotopic (exact) mass is 257 g/mol. The van der Waals surface area contributed by atoms with Gasteiger partial charge in [-0.05, 0) is 12.1 Å². The molecule has 16 heavy (non-hydrogen) atoms. The highest BCUT2D eigenvalue weighted by atomic mass is 35.5. The third-order valence-electron chi connectivity index (χ3n) is 2.37. The zero-order valence-electron chi connectivity index (χ0n) is 8.64. The van der Waals surface area contributed by atoms with E-state index in [9.17, 15) is 0 Å². The summed E-state index contributed by atoms with van der Waals surface area (Å²) in [5, 5.41) is 4.09. The lowest BCUT2D eigenvalue weighted by atomic mass is 10.1. The van der Waals surface area contributed by atoms with Crippen LogP contribution in [-0.2, 0) is 7.05 Å². The standard InChI is InChI=1S/C9H12ClN5S/c1-15-9(11)5(4-13-15)8(14-12)6-2-3-7(10)16-6/h2-4,8,14H,11-12H2,1H3. The van der Waals surface area contributed by atoms with Crippen molar-refractivity contribution in [1.82, 2.24) is 15.2 Å². The number of nitrogens with one attached hydrogen (secondary N) is 1. The van der Waals surface area contributed by atoms with E-state index in [0.29, 0.717) is 5.82 Å². The predicted molar refractivity (Wildman–Crippen MR) is 66.1 cm³/mol. The van der Waals surface area contributed by atoms with Crippen molar-refractivity contribution in [3.05, 3.63) is 33.1 Å². The van der Waals surface area contributed by atoms with Gasteiger partial charge in [-0.25, -0.2) is 5.43 Å². The SMILES string of the molecule is Cn1ncc(C(NN)c2ccc(Cl)s2)c1N. The van der Waals surface area contributed by atoms with Gasteiger partial charge in [0.1, 0.15) is 5.82 Å². The molecule has 0 fully saturated rings. The van der Waals surface area contributed by atoms with E-state index in [1.807, 2.05) is 12.1 Å². The van der Waals surface area contributed by atoms with Crippen LogP contribution in [0.2, 0.25) is 4.34 Å². The highest BCUT2D eigenvalue weighted by Gasteiger charge is 2.19. The number of aryl methyl sites for hydroxylation is 1. The van der Waals surface area contributed by atoms with Crippen LogP contribution in [0.5, 0.6) is 0 Å². The third-order valence-corrected chi connectivity index (χ3v) is 3.67. The number of thiophene rings is 1. The van der Waals surface area contributed by atoms with Crippen LogP contribution in [-0.4, -0.2) is 9.78 Å². The van der Waals surface area contributed by atoms with Crippen molar-refractivity contribution in [1.29, 1.82) is 0 Å². The van der Waals surface area contributed by atoms with Crippen LogP contribution < -0.4 is 17.0 Å². The molecule has 0 spiro atoms. The van der Waals surface area contributed by atoms with E-state index in [2.05, 4.69) is 10.5 Å². The first kappa shape index (κ1) is 11.4. The summed E-state index contributed by atoms with van der Waals surface area (Å²) in [4.78, 5) is 1.01. The molecule has 1 unspecified atom stereocenters. The minimum atomic E-state index is -0.175. The third kappa shape index (κ3) is 1.92. The Morgan fingerprint density at radius 3 is 2.75 bits per heavy atom. The summed E-state index contributed by atoms with van der Waals surface area (Å²) in [6, 6.07) is 3.58. The van der Waals surface area contributed by atoms with Gasteiger partial charge in [-0.3, -0.25) is 10.5 Å². The molecule has 0 aliphatic heterocycles. The molecular weight excluding hydrogens is 246 g/mol. The normalized spacial score (nSPS) is 12.9. The van der Waals surface area contributed by atoms with Crippen LogP contribution in [0.4, 0.5) is 5.82 Å². The second kappa shape index (κ2) is 4.42. The zero-order valence-corrected chi connectivity index (χ0v) is 10.2. The van der Waals surface area contributed by atoms with Gasteiger partial charge in [0.15, 0.2) is 0 Å². The van der Waals surface area contributed by atoms with Crippen LogP contribution >= 0.6 is 22.9 Å². The summed E-state index contributed by atoms with van der Waals surface area (Å²) < 4.78 is 2.33. The zero-order chi connectivity index (χ0) is 11.7. The molecule has 0 saturated carbocycles. The van der Waals surface area contributed by atoms with Gasteiger partial charge in [-0.2, -0.15) is 5.10 Å². The molecule has 5 nitrogen and oxygen atoms in total. The highest BCUT2D eigenvalue weighted by molar-refractivity contribution is 7.16. The number of halogens is 1. The molecule has 0 aliphatic rings. The van der Waals surface area contributed by atoms with E-state index in [-0.39, 0.29) is 6.04 Å². The molecule has 2 aromatic rings. The highest BCUT2D eigenvalue weighted by Crippen LogP contribution is 2.32. The maximum Gasteiger partial charge on any atom is 0.126 e. The fraction of sp³-hybridized carbons (Fsp3) is 0.222. The second-order valence-electron chi connectivity index (χ2n) is 3.35. The summed E-state index contributed by atoms with van der Waals surface area (Å²) in [5.74, 6) is 6.14. The molecule has 1 atom stereocenters. The number of aromatic nitrogens is 2. The smallest absolute Gasteiger partial charge is 0.126 e. The van der Waals surface area contributed by atoms with Crippen LogP contribution in [0.15, 0.2) is 18.3 Å². The maximum absolute atomic E-state index is 5.90. The lowest BCUT2D eigenvalue weighted by Gasteiger charge is -2.13. The summed E-state index contributed by atoms with van der Waals surface area (Å²) in [7, 11) is 1.79. The molecule has 0 bridgehead atoms. The van der Waals surface area contributed by atoms with Gasteiger partial charge in [0, 0.05) is 17.5 Å². The minimum absolute atomic E-state index is 0.175. The average molecular weight is 258 g/mol. The molecule has 2 heterocycles. The molecule has 0 aromatic carbocycles. The molecule has 0 radical (unpaired) electrons. The van der Waals surface area contributed by atoms with Crippen molar-refractivity contribution in [2.45, 2.75) is 6.04 Å². The summed E-state index contributed by atoms with van der Waals surface area (Å²) in [6.45, 7) is 0. The van der Waals surface area contributed by atoms with Crippen LogP contribution in [0.25, 0.3) is 0 Å². The Balaban J connectivity index is 2.40. The first-order valence-corrected chi connectivity index (χ1v) is 5.81. The quantitative estimate of drug-likeness (QED) is 0.571. The number of nitrogens with zero attached hydrogens (tertiary/aromatic N) is 2. The summed E-state index contributed by atoms with van der Waals surface area (Å²) in [5.41, 5.74) is 9.47. The number of hydrogen-bond donors (Lipinski definition) is 3. The molecule has 7 heteroatoms. The van der Waals surface area contributed by atoms with Gasteiger partial charge in [0.25, 0.3) is 0 Å². The number of anilines is 1. The topological polar surface area (TPSA) is 81.9 Å². The Labute approximate surface area is 102 Å². The predicted octanol–water partition coefficient (Wildman–Crippen LogP) is 1.27. The average Bonchev–Trinajstić information content (AvgIpc) is 2.81. The number of nitrogens with two attached hydrogens (primary N) is 2. The fourth-order valence-corrected chi connectivity index (χ4v) is 2.64. The van der Waals surface area contributed by atoms with Crippen LogP contribution in [0.3, 0.4) is 0 Å². The van der Waals surface area contributed by atoms with Gasteiger partial charge in [0.05, 0.1) is 16.6 Å². The number of nitrogen functional groups attached to an aromatic ring is 1. The van der Waals surface area contributed by atoms with E-state index in [1.165, 1.54) is 11.3 Å². The van der Waals surface area contributed by atoms with E-state index >= 15 is 0 Å². The Morgan fingerprint density at radius 2 is 2.31 bits per heavy atom. The summed E-state index contributed by atoms with van der Waals surface area (Å²) >= 11 is 7.36. The Bertz CT molecular complexity index is 492. The van der Waals surface area contributed by atoms with Crippen molar-refractivity contribution in [2.24, 2.45) is 12.9 Å². The van der Waals surface area contributed by atoms with E-state index in [1.54, 1.807) is 17.9 Å². The Hall–Kier alpha value is -1.08. The molecule has 86 valence electrons. The molecule has 2 aromatic heterocycles. The van der Waals surface area contributed by atoms with Gasteiger partial charge in [0.2, 0.25) is 0 Å². The minimum Gasteiger partial charge on any atom is -0.384 e. The Kier molecular flexibility index (Phi) is 3.15. The Morgan fingerprint density at radius 1 is 1.56 bits per heavy atom. The number of hydrogen-bond acceptors (Lipinski definition) is 5. The maximum atomic E-state index is 5.90. The van der Waals surface area contributed by atoms with Crippen molar-refractivity contribution in [3.8, 4) is 0 Å². The van der Waals surface area contributed by atoms with E-state index in [4.69, 9.17) is 23.2 Å². The fourth-order valence-electron chi connectivity index (χ4n) is 1.49. The van der Waals surface area contributed by atoms with Gasteiger partial charge < -0.3 is 5.73 Å². The van der Waals surface area contributed by atoms with Crippen LogP contribution in [0, 0.1) is 0 Å². The number of hydrazine groups is 1. The molecule has 0 aliphatic carbocycles. The first-order chi connectivity index (χ1) is 7.63. The second-order valence-corrected chi connectivity index (χ2v) is 5.10. The van der Waals surface area contributed by atoms with Crippen LogP contribution in [0.1, 0.15) is 16.5 Å². The van der Waals surface area contributed by atoms with Gasteiger partial charge >= 0.3 is 0 Å². The first-order valence-electron chi connectivity index (χ1n) is 4.62. The van der Waals surface area contributed by atoms with Crippen molar-refractivity contribution in [2.75, 3.05) is 5.73 Å². The lowest BCUT2D eigenvalue weighted by molar-refractivity contribution is 0.647. The molecule has 5 N–H and O–H groups in total. The van der Waals surface area contributed by atoms with Crippen molar-refractivity contribution in [3.63, 3.8) is 0 Å². The molecular formula is C9H12ClN5S. The van der Waals surface area contributed by atoms with Gasteiger partial charge in [-0.15, -0.1) is 11.3 Å². The van der Waals surface area contributed by atoms with Crippen molar-refractivity contribution < 1.29 is 0 Å². The summed E-state index contributed by atoms with van der Waals surface area (Å²) in [6.07, 6.45) is 1.70. The largest absolute Gasteiger partial charge is 0.384 e. The number of rotatable bonds is 3. The molecule has 0 saturated heterocycles. The lowest BCUT2D eigenvalue weighted by Crippen LogP contribution is -2.28. The van der Waals surface area contributed by atoms with Crippen molar-refractivity contribution >= 4 is 28.8 Å².